The molecule has 0 spiro atoms. The van der Waals surface area contributed by atoms with Gasteiger partial charge in [-0.1, -0.05) is 25.5 Å². The molecule has 0 unspecified atom stereocenters. The van der Waals surface area contributed by atoms with Crippen molar-refractivity contribution in [2.24, 2.45) is 0 Å². The van der Waals surface area contributed by atoms with Gasteiger partial charge in [-0.25, -0.2) is 4.98 Å². The van der Waals surface area contributed by atoms with E-state index < -0.39 is 0 Å². The van der Waals surface area contributed by atoms with E-state index in [0.717, 1.165) is 42.1 Å². The lowest BCUT2D eigenvalue weighted by Gasteiger charge is -2.15. The summed E-state index contributed by atoms with van der Waals surface area (Å²) in [7, 11) is 4.66. The molecule has 0 aliphatic carbocycles. The Bertz CT molecular complexity index is 1440. The lowest BCUT2D eigenvalue weighted by atomic mass is 9.98. The van der Waals surface area contributed by atoms with Crippen LogP contribution in [0.1, 0.15) is 25.3 Å². The molecule has 3 aromatic carbocycles. The molecule has 4 rings (SSSR count). The second kappa shape index (κ2) is 12.6. The second-order valence-corrected chi connectivity index (χ2v) is 8.77. The number of hydrogen-bond donors (Lipinski definition) is 2. The van der Waals surface area contributed by atoms with Crippen molar-refractivity contribution in [3.63, 3.8) is 0 Å². The van der Waals surface area contributed by atoms with Gasteiger partial charge < -0.3 is 30.0 Å². The molecular weight excluding hydrogens is 492 g/mol. The summed E-state index contributed by atoms with van der Waals surface area (Å²) in [5, 5.41) is 13.2. The largest absolute Gasteiger partial charge is 0.494 e. The van der Waals surface area contributed by atoms with Crippen molar-refractivity contribution >= 4 is 17.2 Å². The molecule has 0 bridgehead atoms. The molecule has 0 amide bonds. The first-order valence-electron chi connectivity index (χ1n) is 12.6. The van der Waals surface area contributed by atoms with Crippen molar-refractivity contribution < 1.29 is 18.9 Å². The predicted octanol–water partition coefficient (Wildman–Crippen LogP) is 6.82. The molecule has 39 heavy (non-hydrogen) atoms. The SMILES string of the molecule is CCCCOc1ccc(Nc2ccc(-c3cc(-c4cc(OC)c(OC)c(OC)c4)nc(N)c3C#N)cc2)cc1. The molecule has 8 heteroatoms. The first kappa shape index (κ1) is 27.1. The smallest absolute Gasteiger partial charge is 0.203 e. The van der Waals surface area contributed by atoms with Crippen LogP contribution >= 0.6 is 0 Å². The Morgan fingerprint density at radius 1 is 0.846 bits per heavy atom. The molecule has 1 heterocycles. The summed E-state index contributed by atoms with van der Waals surface area (Å²) in [6.45, 7) is 2.86. The minimum absolute atomic E-state index is 0.141. The standard InChI is InChI=1S/C31H32N4O4/c1-5-6-15-39-24-13-11-23(12-14-24)34-22-9-7-20(8-10-22)25-18-27(35-31(33)26(25)19-32)21-16-28(36-2)30(38-4)29(17-21)37-3/h7-14,16-18,34H,5-6,15H2,1-4H3,(H2,33,35). The number of benzene rings is 3. The molecule has 0 aliphatic heterocycles. The summed E-state index contributed by atoms with van der Waals surface area (Å²) in [5.74, 6) is 2.46. The number of rotatable bonds is 11. The molecule has 4 aromatic rings. The van der Waals surface area contributed by atoms with Gasteiger partial charge in [0, 0.05) is 22.5 Å². The van der Waals surface area contributed by atoms with Gasteiger partial charge in [0.05, 0.1) is 33.6 Å². The van der Waals surface area contributed by atoms with Crippen LogP contribution in [-0.2, 0) is 0 Å². The van der Waals surface area contributed by atoms with Crippen LogP contribution in [0.3, 0.4) is 0 Å². The van der Waals surface area contributed by atoms with E-state index in [4.69, 9.17) is 24.7 Å². The van der Waals surface area contributed by atoms with Gasteiger partial charge in [-0.2, -0.15) is 5.26 Å². The van der Waals surface area contributed by atoms with Crippen LogP contribution < -0.4 is 30.0 Å². The Balaban J connectivity index is 1.62. The average molecular weight is 525 g/mol. The zero-order valence-corrected chi connectivity index (χ0v) is 22.6. The quantitative estimate of drug-likeness (QED) is 0.206. The highest BCUT2D eigenvalue weighted by Gasteiger charge is 2.18. The molecule has 3 N–H and O–H groups in total. The maximum atomic E-state index is 9.85. The number of ether oxygens (including phenoxy) is 4. The molecular formula is C31H32N4O4. The fourth-order valence-corrected chi connectivity index (χ4v) is 4.16. The van der Waals surface area contributed by atoms with Gasteiger partial charge in [0.15, 0.2) is 11.5 Å². The maximum Gasteiger partial charge on any atom is 0.203 e. The Morgan fingerprint density at radius 3 is 2.00 bits per heavy atom. The van der Waals surface area contributed by atoms with Gasteiger partial charge in [0.1, 0.15) is 23.2 Å². The van der Waals surface area contributed by atoms with Crippen molar-refractivity contribution in [2.45, 2.75) is 19.8 Å². The van der Waals surface area contributed by atoms with E-state index in [1.807, 2.05) is 54.6 Å². The van der Waals surface area contributed by atoms with Gasteiger partial charge in [-0.05, 0) is 66.6 Å². The van der Waals surface area contributed by atoms with Crippen molar-refractivity contribution in [2.75, 3.05) is 39.0 Å². The number of anilines is 3. The third-order valence-electron chi connectivity index (χ3n) is 6.23. The van der Waals surface area contributed by atoms with Crippen LogP contribution in [-0.4, -0.2) is 32.9 Å². The van der Waals surface area contributed by atoms with Crippen molar-refractivity contribution in [3.8, 4) is 51.5 Å². The van der Waals surface area contributed by atoms with E-state index in [-0.39, 0.29) is 5.82 Å². The average Bonchev–Trinajstić information content (AvgIpc) is 2.97. The number of aromatic nitrogens is 1. The monoisotopic (exact) mass is 524 g/mol. The summed E-state index contributed by atoms with van der Waals surface area (Å²) in [5.41, 5.74) is 11.2. The zero-order valence-electron chi connectivity index (χ0n) is 22.6. The molecule has 8 nitrogen and oxygen atoms in total. The number of hydrogen-bond acceptors (Lipinski definition) is 8. The van der Waals surface area contributed by atoms with Gasteiger partial charge in [-0.15, -0.1) is 0 Å². The number of unbranched alkanes of at least 4 members (excludes halogenated alkanes) is 1. The third-order valence-corrected chi connectivity index (χ3v) is 6.23. The summed E-state index contributed by atoms with van der Waals surface area (Å²) in [6, 6.07) is 23.3. The molecule has 0 atom stereocenters. The topological polar surface area (TPSA) is 112 Å². The fraction of sp³-hybridized carbons (Fsp3) is 0.226. The summed E-state index contributed by atoms with van der Waals surface area (Å²) in [4.78, 5) is 4.49. The predicted molar refractivity (Wildman–Crippen MR) is 154 cm³/mol. The van der Waals surface area contributed by atoms with Crippen LogP contribution in [0.25, 0.3) is 22.4 Å². The molecule has 0 saturated heterocycles. The Morgan fingerprint density at radius 2 is 1.46 bits per heavy atom. The van der Waals surface area contributed by atoms with Crippen molar-refractivity contribution in [1.29, 1.82) is 5.26 Å². The van der Waals surface area contributed by atoms with E-state index >= 15 is 0 Å². The zero-order chi connectivity index (χ0) is 27.8. The summed E-state index contributed by atoms with van der Waals surface area (Å²) < 4.78 is 22.2. The van der Waals surface area contributed by atoms with E-state index in [1.165, 1.54) is 0 Å². The normalized spacial score (nSPS) is 10.4. The lowest BCUT2D eigenvalue weighted by molar-refractivity contribution is 0.309. The highest BCUT2D eigenvalue weighted by Crippen LogP contribution is 2.42. The van der Waals surface area contributed by atoms with Gasteiger partial charge >= 0.3 is 0 Å². The molecule has 1 aromatic heterocycles. The van der Waals surface area contributed by atoms with Crippen LogP contribution in [0, 0.1) is 11.3 Å². The number of nitrogens with two attached hydrogens (primary N) is 1. The number of nitrogens with one attached hydrogen (secondary N) is 1. The second-order valence-electron chi connectivity index (χ2n) is 8.77. The van der Waals surface area contributed by atoms with E-state index in [9.17, 15) is 5.26 Å². The van der Waals surface area contributed by atoms with E-state index in [0.29, 0.717) is 39.6 Å². The summed E-state index contributed by atoms with van der Waals surface area (Å²) in [6.07, 6.45) is 2.14. The highest BCUT2D eigenvalue weighted by atomic mass is 16.5. The molecule has 200 valence electrons. The number of nitrogens with zero attached hydrogens (tertiary/aromatic N) is 2. The number of nitrogen functional groups attached to an aromatic ring is 1. The molecule has 0 aliphatic rings. The Hall–Kier alpha value is -4.90. The Kier molecular flexibility index (Phi) is 8.75. The summed E-state index contributed by atoms with van der Waals surface area (Å²) >= 11 is 0. The fourth-order valence-electron chi connectivity index (χ4n) is 4.16. The van der Waals surface area contributed by atoms with Crippen molar-refractivity contribution in [3.05, 3.63) is 72.3 Å². The third kappa shape index (κ3) is 6.16. The number of pyridine rings is 1. The molecule has 0 fully saturated rings. The van der Waals surface area contributed by atoms with Crippen molar-refractivity contribution in [1.82, 2.24) is 4.98 Å². The van der Waals surface area contributed by atoms with Gasteiger partial charge in [0.25, 0.3) is 0 Å². The Labute approximate surface area is 228 Å². The van der Waals surface area contributed by atoms with E-state index in [1.54, 1.807) is 33.5 Å². The first-order valence-corrected chi connectivity index (χ1v) is 12.6. The van der Waals surface area contributed by atoms with Crippen LogP contribution in [0.5, 0.6) is 23.0 Å². The minimum Gasteiger partial charge on any atom is -0.494 e. The highest BCUT2D eigenvalue weighted by molar-refractivity contribution is 5.82. The van der Waals surface area contributed by atoms with Gasteiger partial charge in [-0.3, -0.25) is 0 Å². The number of methoxy groups -OCH3 is 3. The number of nitriles is 1. The lowest BCUT2D eigenvalue weighted by Crippen LogP contribution is -2.01. The van der Waals surface area contributed by atoms with Crippen LogP contribution in [0.4, 0.5) is 17.2 Å². The molecule has 0 saturated carbocycles. The molecule has 0 radical (unpaired) electrons. The van der Waals surface area contributed by atoms with Crippen LogP contribution in [0.2, 0.25) is 0 Å². The maximum absolute atomic E-state index is 9.85. The van der Waals surface area contributed by atoms with Crippen LogP contribution in [0.15, 0.2) is 66.7 Å². The first-order chi connectivity index (χ1) is 19.0. The minimum atomic E-state index is 0.141. The van der Waals surface area contributed by atoms with E-state index in [2.05, 4.69) is 23.3 Å². The van der Waals surface area contributed by atoms with Gasteiger partial charge in [0.2, 0.25) is 5.75 Å².